The molecule has 3 N–H and O–H groups in total. The van der Waals surface area contributed by atoms with Gasteiger partial charge in [-0.25, -0.2) is 0 Å². The van der Waals surface area contributed by atoms with Gasteiger partial charge in [0, 0.05) is 12.2 Å². The predicted octanol–water partition coefficient (Wildman–Crippen LogP) is 3.19. The van der Waals surface area contributed by atoms with E-state index in [1.807, 2.05) is 66.7 Å². The third kappa shape index (κ3) is 4.36. The highest BCUT2D eigenvalue weighted by atomic mass is 16.5. The van der Waals surface area contributed by atoms with E-state index in [0.717, 1.165) is 17.5 Å². The summed E-state index contributed by atoms with van der Waals surface area (Å²) in [4.78, 5) is 43.5. The monoisotopic (exact) mass is 513 g/mol. The lowest BCUT2D eigenvalue weighted by molar-refractivity contribution is -0.149. The Bertz CT molecular complexity index is 1070. The number of rotatable bonds is 9. The van der Waals surface area contributed by atoms with Crippen LogP contribution in [0, 0.1) is 37.5 Å². The van der Waals surface area contributed by atoms with Crippen LogP contribution in [-0.2, 0) is 19.1 Å². The highest BCUT2D eigenvalue weighted by molar-refractivity contribution is 6.04. The van der Waals surface area contributed by atoms with E-state index in [4.69, 9.17) is 4.74 Å². The number of hydrogen-bond acceptors (Lipinski definition) is 5. The number of nitrogens with zero attached hydrogens (tertiary/aromatic N) is 1. The highest BCUT2D eigenvalue weighted by Crippen LogP contribution is 2.65. The van der Waals surface area contributed by atoms with E-state index in [1.54, 1.807) is 4.90 Å². The summed E-state index contributed by atoms with van der Waals surface area (Å²) in [6, 6.07) is 4.35. The van der Waals surface area contributed by atoms with Crippen molar-refractivity contribution in [2.45, 2.75) is 91.0 Å². The van der Waals surface area contributed by atoms with Crippen molar-refractivity contribution in [3.05, 3.63) is 29.3 Å². The molecular weight excluding hydrogens is 470 g/mol. The Morgan fingerprint density at radius 2 is 1.95 bits per heavy atom. The van der Waals surface area contributed by atoms with E-state index >= 15 is 0 Å². The zero-order valence-corrected chi connectivity index (χ0v) is 23.3. The molecule has 0 aromatic heterocycles. The van der Waals surface area contributed by atoms with Gasteiger partial charge in [-0.1, -0.05) is 39.8 Å². The first-order valence-electron chi connectivity index (χ1n) is 13.7. The molecule has 3 fully saturated rings. The minimum Gasteiger partial charge on any atom is -0.394 e. The second-order valence-corrected chi connectivity index (χ2v) is 12.0. The number of aryl methyl sites for hydroxylation is 2. The minimum atomic E-state index is -1.13. The van der Waals surface area contributed by atoms with Crippen molar-refractivity contribution < 1.29 is 24.2 Å². The van der Waals surface area contributed by atoms with Crippen LogP contribution in [0.1, 0.15) is 65.0 Å². The van der Waals surface area contributed by atoms with Crippen LogP contribution in [0.2, 0.25) is 0 Å². The van der Waals surface area contributed by atoms with E-state index in [9.17, 15) is 19.5 Å². The third-order valence-corrected chi connectivity index (χ3v) is 8.83. The second kappa shape index (κ2) is 10.0. The van der Waals surface area contributed by atoms with Crippen molar-refractivity contribution in [1.82, 2.24) is 10.2 Å². The summed E-state index contributed by atoms with van der Waals surface area (Å²) in [6.07, 6.45) is 1.82. The summed E-state index contributed by atoms with van der Waals surface area (Å²) in [7, 11) is 0. The smallest absolute Gasteiger partial charge is 0.250 e. The number of fused-ring (bicyclic) bond motifs is 1. The molecule has 3 heterocycles. The first-order chi connectivity index (χ1) is 17.4. The minimum absolute atomic E-state index is 0.0254. The standard InChI is InChI=1S/C29H43N3O5/c1-8-11-30-25(34)22-23-27(36)32(20(15-33)12-16(2)3)24(29(23)14-19(6)28(22,7)37-29)26(35)31-21-13-17(4)9-10-18(21)5/h9-10,13,16,19-20,22-24,33H,8,11-12,14-15H2,1-7H3,(H,30,34)(H,31,35)/t19?,20-,22+,23+,24?,28-,29?/m1/s1. The quantitative estimate of drug-likeness (QED) is 0.470. The first-order valence-corrected chi connectivity index (χ1v) is 13.7. The van der Waals surface area contributed by atoms with Crippen LogP contribution in [-0.4, -0.2) is 64.2 Å². The van der Waals surface area contributed by atoms with Crippen molar-refractivity contribution >= 4 is 23.4 Å². The van der Waals surface area contributed by atoms with Crippen molar-refractivity contribution in [1.29, 1.82) is 0 Å². The molecule has 0 saturated carbocycles. The van der Waals surface area contributed by atoms with Crippen molar-refractivity contribution in [2.24, 2.45) is 23.7 Å². The molecule has 0 radical (unpaired) electrons. The van der Waals surface area contributed by atoms with Crippen LogP contribution >= 0.6 is 0 Å². The molecule has 2 bridgehead atoms. The van der Waals surface area contributed by atoms with E-state index in [1.165, 1.54) is 0 Å². The van der Waals surface area contributed by atoms with Gasteiger partial charge in [-0.2, -0.15) is 0 Å². The summed E-state index contributed by atoms with van der Waals surface area (Å²) >= 11 is 0. The molecule has 3 amide bonds. The number of anilines is 1. The molecule has 37 heavy (non-hydrogen) atoms. The third-order valence-electron chi connectivity index (χ3n) is 8.83. The van der Waals surface area contributed by atoms with Gasteiger partial charge in [0.05, 0.1) is 30.1 Å². The Kier molecular flexibility index (Phi) is 7.47. The summed E-state index contributed by atoms with van der Waals surface area (Å²) in [5.74, 6) is -2.11. The zero-order chi connectivity index (χ0) is 27.3. The fraction of sp³-hybridized carbons (Fsp3) is 0.690. The fourth-order valence-electron chi connectivity index (χ4n) is 7.02. The van der Waals surface area contributed by atoms with Gasteiger partial charge in [0.15, 0.2) is 0 Å². The van der Waals surface area contributed by atoms with Crippen LogP contribution in [0.25, 0.3) is 0 Å². The lowest BCUT2D eigenvalue weighted by Gasteiger charge is -2.37. The molecule has 3 aliphatic rings. The maximum absolute atomic E-state index is 14.3. The number of carbonyl (C=O) groups is 3. The summed E-state index contributed by atoms with van der Waals surface area (Å²) < 4.78 is 6.76. The largest absolute Gasteiger partial charge is 0.394 e. The number of amides is 3. The van der Waals surface area contributed by atoms with Crippen molar-refractivity contribution in [3.8, 4) is 0 Å². The number of benzene rings is 1. The molecule has 1 spiro atoms. The van der Waals surface area contributed by atoms with E-state index in [2.05, 4.69) is 10.6 Å². The number of likely N-dealkylation sites (tertiary alicyclic amines) is 1. The molecule has 8 heteroatoms. The Morgan fingerprint density at radius 1 is 1.24 bits per heavy atom. The van der Waals surface area contributed by atoms with Gasteiger partial charge < -0.3 is 25.4 Å². The maximum atomic E-state index is 14.3. The van der Waals surface area contributed by atoms with E-state index < -0.39 is 35.1 Å². The molecule has 1 aromatic carbocycles. The van der Waals surface area contributed by atoms with Gasteiger partial charge in [-0.15, -0.1) is 0 Å². The lowest BCUT2D eigenvalue weighted by Crippen LogP contribution is -2.56. The molecule has 0 aliphatic carbocycles. The SMILES string of the molecule is CCCNC(=O)[C@@H]1[C@H]2C(=O)N([C@@H](CO)CC(C)C)C(C(=O)Nc3cc(C)ccc3C)C23CC(C)[C@@]1(C)O3. The fourth-order valence-corrected chi connectivity index (χ4v) is 7.02. The predicted molar refractivity (Wildman–Crippen MR) is 142 cm³/mol. The Labute approximate surface area is 220 Å². The topological polar surface area (TPSA) is 108 Å². The number of aliphatic hydroxyl groups is 1. The van der Waals surface area contributed by atoms with Gasteiger partial charge in [0.25, 0.3) is 0 Å². The molecule has 3 unspecified atom stereocenters. The van der Waals surface area contributed by atoms with Crippen LogP contribution in [0.15, 0.2) is 18.2 Å². The Hall–Kier alpha value is -2.45. The summed E-state index contributed by atoms with van der Waals surface area (Å²) in [6.45, 7) is 14.1. The summed E-state index contributed by atoms with van der Waals surface area (Å²) in [5.41, 5.74) is 0.626. The van der Waals surface area contributed by atoms with Crippen molar-refractivity contribution in [3.63, 3.8) is 0 Å². The first kappa shape index (κ1) is 27.6. The van der Waals surface area contributed by atoms with Gasteiger partial charge >= 0.3 is 0 Å². The normalized spacial score (nSPS) is 33.1. The highest BCUT2D eigenvalue weighted by Gasteiger charge is 2.80. The van der Waals surface area contributed by atoms with Crippen LogP contribution in [0.5, 0.6) is 0 Å². The van der Waals surface area contributed by atoms with E-state index in [0.29, 0.717) is 25.1 Å². The lowest BCUT2D eigenvalue weighted by atomic mass is 9.62. The van der Waals surface area contributed by atoms with Gasteiger partial charge in [0.1, 0.15) is 11.6 Å². The number of hydrogen-bond donors (Lipinski definition) is 3. The number of carbonyl (C=O) groups excluding carboxylic acids is 3. The molecule has 7 atom stereocenters. The molecular formula is C29H43N3O5. The number of nitrogens with one attached hydrogen (secondary N) is 2. The molecule has 3 aliphatic heterocycles. The Morgan fingerprint density at radius 3 is 2.57 bits per heavy atom. The molecule has 204 valence electrons. The van der Waals surface area contributed by atoms with E-state index in [-0.39, 0.29) is 36.2 Å². The summed E-state index contributed by atoms with van der Waals surface area (Å²) in [5, 5.41) is 16.5. The van der Waals surface area contributed by atoms with Crippen molar-refractivity contribution in [2.75, 3.05) is 18.5 Å². The zero-order valence-electron chi connectivity index (χ0n) is 23.3. The maximum Gasteiger partial charge on any atom is 0.250 e. The van der Waals surface area contributed by atoms with Gasteiger partial charge in [-0.3, -0.25) is 14.4 Å². The van der Waals surface area contributed by atoms with Crippen LogP contribution in [0.3, 0.4) is 0 Å². The van der Waals surface area contributed by atoms with Gasteiger partial charge in [-0.05, 0) is 69.1 Å². The molecule has 8 nitrogen and oxygen atoms in total. The van der Waals surface area contributed by atoms with Gasteiger partial charge in [0.2, 0.25) is 17.7 Å². The second-order valence-electron chi connectivity index (χ2n) is 12.0. The average molecular weight is 514 g/mol. The van der Waals surface area contributed by atoms with Crippen LogP contribution in [0.4, 0.5) is 5.69 Å². The molecule has 4 rings (SSSR count). The molecule has 1 aromatic rings. The van der Waals surface area contributed by atoms with Crippen LogP contribution < -0.4 is 10.6 Å². The number of aliphatic hydroxyl groups excluding tert-OH is 1. The molecule has 3 saturated heterocycles. The number of ether oxygens (including phenoxy) is 1. The Balaban J connectivity index is 1.81. The average Bonchev–Trinajstić information content (AvgIpc) is 3.35.